The molecule has 3 rings (SSSR count). The number of thiazole rings is 1. The number of nitrogens with zero attached hydrogens (tertiary/aromatic N) is 1. The Hall–Kier alpha value is -2.75. The first-order valence-corrected chi connectivity index (χ1v) is 11.8. The zero-order valence-electron chi connectivity index (χ0n) is 16.5. The van der Waals surface area contributed by atoms with Crippen LogP contribution >= 0.6 is 11.3 Å². The highest BCUT2D eigenvalue weighted by Crippen LogP contribution is 2.28. The number of hydrogen-bond donors (Lipinski definition) is 2. The van der Waals surface area contributed by atoms with Gasteiger partial charge in [-0.2, -0.15) is 0 Å². The van der Waals surface area contributed by atoms with Gasteiger partial charge in [-0.25, -0.2) is 13.4 Å². The number of aliphatic hydroxyl groups excluding tert-OH is 1. The molecule has 30 heavy (non-hydrogen) atoms. The standard InChI is InChI=1S/C21H22N2O5S2/c1-28-16-8-6-14(7-9-16)18(10-11-24)23-21-22-13-19(29-21)20(25)15-4-3-5-17(12-15)30(2,26)27/h3-9,12-13,18,24H,10-11H2,1-2H3,(H,22,23). The molecule has 1 heterocycles. The number of carbonyl (C=O) groups is 1. The first-order chi connectivity index (χ1) is 14.3. The van der Waals surface area contributed by atoms with Crippen LogP contribution in [0.15, 0.2) is 59.6 Å². The van der Waals surface area contributed by atoms with Gasteiger partial charge in [0.25, 0.3) is 0 Å². The third-order valence-corrected chi connectivity index (χ3v) is 6.53. The first-order valence-electron chi connectivity index (χ1n) is 9.14. The molecule has 158 valence electrons. The second-order valence-electron chi connectivity index (χ2n) is 6.64. The van der Waals surface area contributed by atoms with Crippen LogP contribution < -0.4 is 10.1 Å². The number of aliphatic hydroxyl groups is 1. The normalized spacial score (nSPS) is 12.4. The lowest BCUT2D eigenvalue weighted by atomic mass is 10.0. The van der Waals surface area contributed by atoms with Crippen LogP contribution in [-0.2, 0) is 9.84 Å². The molecule has 1 aromatic heterocycles. The fourth-order valence-corrected chi connectivity index (χ4v) is 4.39. The predicted octanol–water partition coefficient (Wildman–Crippen LogP) is 3.32. The van der Waals surface area contributed by atoms with Crippen LogP contribution in [0.1, 0.15) is 33.3 Å². The fraction of sp³-hybridized carbons (Fsp3) is 0.238. The van der Waals surface area contributed by atoms with Crippen molar-refractivity contribution in [2.24, 2.45) is 0 Å². The summed E-state index contributed by atoms with van der Waals surface area (Å²) in [6, 6.07) is 13.3. The number of methoxy groups -OCH3 is 1. The lowest BCUT2D eigenvalue weighted by Gasteiger charge is -2.18. The van der Waals surface area contributed by atoms with E-state index in [1.807, 2.05) is 24.3 Å². The minimum absolute atomic E-state index is 0.0147. The van der Waals surface area contributed by atoms with Gasteiger partial charge < -0.3 is 15.2 Å². The number of sulfone groups is 1. The second-order valence-corrected chi connectivity index (χ2v) is 9.69. The highest BCUT2D eigenvalue weighted by molar-refractivity contribution is 7.90. The van der Waals surface area contributed by atoms with Gasteiger partial charge in [0.05, 0.1) is 29.1 Å². The minimum atomic E-state index is -3.40. The second kappa shape index (κ2) is 9.38. The summed E-state index contributed by atoms with van der Waals surface area (Å²) in [6.45, 7) is -0.0147. The maximum atomic E-state index is 12.8. The summed E-state index contributed by atoms with van der Waals surface area (Å²) in [6.07, 6.45) is 3.03. The first kappa shape index (κ1) is 21.9. The van der Waals surface area contributed by atoms with Crippen LogP contribution in [0.5, 0.6) is 5.75 Å². The van der Waals surface area contributed by atoms with Gasteiger partial charge in [-0.1, -0.05) is 35.6 Å². The van der Waals surface area contributed by atoms with Crippen molar-refractivity contribution in [1.82, 2.24) is 4.98 Å². The Morgan fingerprint density at radius 1 is 1.23 bits per heavy atom. The minimum Gasteiger partial charge on any atom is -0.497 e. The summed E-state index contributed by atoms with van der Waals surface area (Å²) in [4.78, 5) is 17.5. The number of rotatable bonds is 9. The van der Waals surface area contributed by atoms with Crippen LogP contribution in [-0.4, -0.2) is 44.3 Å². The molecular weight excluding hydrogens is 424 g/mol. The van der Waals surface area contributed by atoms with E-state index >= 15 is 0 Å². The number of aromatic nitrogens is 1. The maximum Gasteiger partial charge on any atom is 0.204 e. The third-order valence-electron chi connectivity index (χ3n) is 4.49. The molecule has 0 fully saturated rings. The lowest BCUT2D eigenvalue weighted by Crippen LogP contribution is -2.12. The molecule has 0 aliphatic heterocycles. The van der Waals surface area contributed by atoms with Crippen molar-refractivity contribution in [1.29, 1.82) is 0 Å². The summed E-state index contributed by atoms with van der Waals surface area (Å²) in [5.74, 6) is 0.439. The van der Waals surface area contributed by atoms with E-state index in [9.17, 15) is 18.3 Å². The molecule has 0 bridgehead atoms. The molecule has 0 amide bonds. The molecule has 1 atom stereocenters. The molecule has 0 spiro atoms. The number of nitrogens with one attached hydrogen (secondary N) is 1. The molecule has 0 saturated carbocycles. The largest absolute Gasteiger partial charge is 0.497 e. The van der Waals surface area contributed by atoms with E-state index in [-0.39, 0.29) is 28.9 Å². The Morgan fingerprint density at radius 3 is 2.60 bits per heavy atom. The van der Waals surface area contributed by atoms with Crippen molar-refractivity contribution < 1.29 is 23.1 Å². The summed E-state index contributed by atoms with van der Waals surface area (Å²) >= 11 is 1.18. The molecule has 9 heteroatoms. The maximum absolute atomic E-state index is 12.8. The number of benzene rings is 2. The van der Waals surface area contributed by atoms with Crippen LogP contribution in [0.2, 0.25) is 0 Å². The molecule has 0 radical (unpaired) electrons. The van der Waals surface area contributed by atoms with E-state index in [2.05, 4.69) is 10.3 Å². The number of ketones is 1. The van der Waals surface area contributed by atoms with Gasteiger partial charge in [-0.15, -0.1) is 0 Å². The number of hydrogen-bond acceptors (Lipinski definition) is 8. The summed E-state index contributed by atoms with van der Waals surface area (Å²) in [5.41, 5.74) is 1.24. The zero-order valence-corrected chi connectivity index (χ0v) is 18.2. The van der Waals surface area contributed by atoms with Crippen molar-refractivity contribution in [3.8, 4) is 5.75 Å². The molecule has 7 nitrogen and oxygen atoms in total. The topological polar surface area (TPSA) is 106 Å². The Balaban J connectivity index is 1.79. The average Bonchev–Trinajstić information content (AvgIpc) is 3.21. The quantitative estimate of drug-likeness (QED) is 0.486. The van der Waals surface area contributed by atoms with Crippen LogP contribution in [0, 0.1) is 0 Å². The van der Waals surface area contributed by atoms with Gasteiger partial charge in [0.15, 0.2) is 15.0 Å². The Kier molecular flexibility index (Phi) is 6.86. The van der Waals surface area contributed by atoms with Crippen LogP contribution in [0.25, 0.3) is 0 Å². The number of carbonyl (C=O) groups excluding carboxylic acids is 1. The van der Waals surface area contributed by atoms with E-state index in [0.29, 0.717) is 16.4 Å². The van der Waals surface area contributed by atoms with Gasteiger partial charge in [0.2, 0.25) is 5.78 Å². The highest BCUT2D eigenvalue weighted by atomic mass is 32.2. The molecule has 0 saturated heterocycles. The Labute approximate surface area is 179 Å². The predicted molar refractivity (Wildman–Crippen MR) is 116 cm³/mol. The molecule has 0 aliphatic carbocycles. The van der Waals surface area contributed by atoms with Crippen LogP contribution in [0.3, 0.4) is 0 Å². The molecule has 0 aliphatic rings. The lowest BCUT2D eigenvalue weighted by molar-refractivity contribution is 0.104. The molecule has 2 aromatic carbocycles. The molecular formula is C21H22N2O5S2. The van der Waals surface area contributed by atoms with Gasteiger partial charge in [-0.05, 0) is 36.2 Å². The number of ether oxygens (including phenoxy) is 1. The van der Waals surface area contributed by atoms with Crippen molar-refractivity contribution in [2.45, 2.75) is 17.4 Å². The van der Waals surface area contributed by atoms with Gasteiger partial charge in [0.1, 0.15) is 5.75 Å². The van der Waals surface area contributed by atoms with E-state index in [1.165, 1.54) is 29.7 Å². The Morgan fingerprint density at radius 2 is 1.97 bits per heavy atom. The van der Waals surface area contributed by atoms with Crippen molar-refractivity contribution >= 4 is 32.1 Å². The van der Waals surface area contributed by atoms with Gasteiger partial charge in [-0.3, -0.25) is 4.79 Å². The van der Waals surface area contributed by atoms with Gasteiger partial charge in [0, 0.05) is 18.4 Å². The summed E-state index contributed by atoms with van der Waals surface area (Å²) < 4.78 is 28.7. The average molecular weight is 447 g/mol. The van der Waals surface area contributed by atoms with E-state index < -0.39 is 9.84 Å². The van der Waals surface area contributed by atoms with E-state index in [1.54, 1.807) is 19.2 Å². The highest BCUT2D eigenvalue weighted by Gasteiger charge is 2.18. The smallest absolute Gasteiger partial charge is 0.204 e. The summed E-state index contributed by atoms with van der Waals surface area (Å²) in [5, 5.41) is 13.2. The number of anilines is 1. The summed E-state index contributed by atoms with van der Waals surface area (Å²) in [7, 11) is -1.81. The molecule has 3 aromatic rings. The zero-order chi connectivity index (χ0) is 21.7. The molecule has 2 N–H and O–H groups in total. The van der Waals surface area contributed by atoms with Crippen molar-refractivity contribution in [3.05, 3.63) is 70.7 Å². The van der Waals surface area contributed by atoms with Crippen LogP contribution in [0.4, 0.5) is 5.13 Å². The fourth-order valence-electron chi connectivity index (χ4n) is 2.89. The van der Waals surface area contributed by atoms with Gasteiger partial charge >= 0.3 is 0 Å². The monoisotopic (exact) mass is 446 g/mol. The van der Waals surface area contributed by atoms with E-state index in [4.69, 9.17) is 4.74 Å². The van der Waals surface area contributed by atoms with Crippen molar-refractivity contribution in [3.63, 3.8) is 0 Å². The SMILES string of the molecule is COc1ccc(C(CCO)Nc2ncc(C(=O)c3cccc(S(C)(=O)=O)c3)s2)cc1. The molecule has 1 unspecified atom stereocenters. The van der Waals surface area contributed by atoms with E-state index in [0.717, 1.165) is 17.6 Å². The third kappa shape index (κ3) is 5.24. The van der Waals surface area contributed by atoms with Crippen molar-refractivity contribution in [2.75, 3.05) is 25.3 Å². The Bertz CT molecular complexity index is 1120.